The lowest BCUT2D eigenvalue weighted by molar-refractivity contribution is -0.136. The number of nitrogens with zero attached hydrogens (tertiary/aromatic N) is 1. The average Bonchev–Trinajstić information content (AvgIpc) is 2.40. The van der Waals surface area contributed by atoms with Crippen LogP contribution in [0.15, 0.2) is 0 Å². The van der Waals surface area contributed by atoms with Gasteiger partial charge in [0.1, 0.15) is 0 Å². The van der Waals surface area contributed by atoms with Crippen molar-refractivity contribution in [3.63, 3.8) is 0 Å². The fourth-order valence-electron chi connectivity index (χ4n) is 2.33. The molecule has 0 bridgehead atoms. The van der Waals surface area contributed by atoms with Crippen molar-refractivity contribution in [2.24, 2.45) is 11.7 Å². The highest BCUT2D eigenvalue weighted by Crippen LogP contribution is 2.14. The first-order chi connectivity index (χ1) is 9.12. The van der Waals surface area contributed by atoms with E-state index in [1.807, 2.05) is 6.92 Å². The van der Waals surface area contributed by atoms with E-state index in [9.17, 15) is 9.59 Å². The van der Waals surface area contributed by atoms with Crippen molar-refractivity contribution < 1.29 is 14.3 Å². The molecule has 0 aliphatic carbocycles. The molecule has 1 aliphatic heterocycles. The first kappa shape index (κ1) is 15.8. The molecule has 1 aliphatic rings. The number of carbonyl (C=O) groups is 2. The Kier molecular flexibility index (Phi) is 6.62. The molecule has 6 nitrogen and oxygen atoms in total. The van der Waals surface area contributed by atoms with Crippen LogP contribution in [0.4, 0.5) is 4.79 Å². The summed E-state index contributed by atoms with van der Waals surface area (Å²) in [7, 11) is 0. The summed E-state index contributed by atoms with van der Waals surface area (Å²) < 4.78 is 4.86. The van der Waals surface area contributed by atoms with Gasteiger partial charge < -0.3 is 20.7 Å². The molecule has 1 saturated heterocycles. The Balaban J connectivity index is 2.49. The molecule has 0 spiro atoms. The fourth-order valence-corrected chi connectivity index (χ4v) is 2.33. The Hall–Kier alpha value is -1.30. The van der Waals surface area contributed by atoms with Gasteiger partial charge in [-0.25, -0.2) is 4.79 Å². The van der Waals surface area contributed by atoms with E-state index in [0.717, 1.165) is 25.8 Å². The molecular weight excluding hydrogens is 246 g/mol. The van der Waals surface area contributed by atoms with E-state index in [0.29, 0.717) is 19.7 Å². The summed E-state index contributed by atoms with van der Waals surface area (Å²) in [6.07, 6.45) is 2.11. The maximum atomic E-state index is 12.2. The van der Waals surface area contributed by atoms with Gasteiger partial charge in [0, 0.05) is 25.7 Å². The Morgan fingerprint density at radius 3 is 2.79 bits per heavy atom. The minimum absolute atomic E-state index is 0.0213. The summed E-state index contributed by atoms with van der Waals surface area (Å²) in [5, 5.41) is 2.79. The van der Waals surface area contributed by atoms with Crippen molar-refractivity contribution >= 4 is 12.0 Å². The number of hydrogen-bond acceptors (Lipinski definition) is 4. The molecule has 1 heterocycles. The van der Waals surface area contributed by atoms with Crippen LogP contribution in [0.3, 0.4) is 0 Å². The largest absolute Gasteiger partial charge is 0.450 e. The van der Waals surface area contributed by atoms with E-state index in [-0.39, 0.29) is 17.9 Å². The molecule has 110 valence electrons. The molecule has 0 radical (unpaired) electrons. The zero-order valence-corrected chi connectivity index (χ0v) is 11.9. The monoisotopic (exact) mass is 271 g/mol. The van der Waals surface area contributed by atoms with Crippen molar-refractivity contribution in [2.45, 2.75) is 39.2 Å². The van der Waals surface area contributed by atoms with Crippen LogP contribution in [0.25, 0.3) is 0 Å². The zero-order chi connectivity index (χ0) is 14.3. The van der Waals surface area contributed by atoms with Crippen LogP contribution in [-0.4, -0.2) is 49.2 Å². The molecule has 0 aromatic rings. The van der Waals surface area contributed by atoms with E-state index in [4.69, 9.17) is 10.5 Å². The number of nitrogens with one attached hydrogen (secondary N) is 1. The average molecular weight is 271 g/mol. The van der Waals surface area contributed by atoms with Crippen molar-refractivity contribution in [2.75, 3.05) is 26.2 Å². The van der Waals surface area contributed by atoms with Crippen LogP contribution < -0.4 is 11.1 Å². The van der Waals surface area contributed by atoms with Crippen LogP contribution >= 0.6 is 0 Å². The Morgan fingerprint density at radius 2 is 2.21 bits per heavy atom. The number of alkyl carbamates (subject to hydrolysis) is 1. The van der Waals surface area contributed by atoms with E-state index in [1.165, 1.54) is 0 Å². The van der Waals surface area contributed by atoms with Crippen molar-refractivity contribution in [3.8, 4) is 0 Å². The van der Waals surface area contributed by atoms with Gasteiger partial charge in [-0.15, -0.1) is 0 Å². The molecule has 6 heteroatoms. The van der Waals surface area contributed by atoms with Crippen molar-refractivity contribution in [1.82, 2.24) is 10.2 Å². The third kappa shape index (κ3) is 4.70. The molecule has 3 N–H and O–H groups in total. The van der Waals surface area contributed by atoms with Gasteiger partial charge >= 0.3 is 6.09 Å². The van der Waals surface area contributed by atoms with Crippen molar-refractivity contribution in [1.29, 1.82) is 0 Å². The van der Waals surface area contributed by atoms with E-state index >= 15 is 0 Å². The molecule has 0 aromatic heterocycles. The summed E-state index contributed by atoms with van der Waals surface area (Å²) in [6.45, 7) is 5.76. The third-order valence-corrected chi connectivity index (χ3v) is 3.46. The maximum absolute atomic E-state index is 12.2. The lowest BCUT2D eigenvalue weighted by Gasteiger charge is -2.34. The highest BCUT2D eigenvalue weighted by Gasteiger charge is 2.28. The highest BCUT2D eigenvalue weighted by atomic mass is 16.5. The standard InChI is InChI=1S/C13H25N3O3/c1-3-10(8-14)12(17)16-7-5-6-11(9-16)15-13(18)19-4-2/h10-11H,3-9,14H2,1-2H3,(H,15,18). The van der Waals surface area contributed by atoms with Crippen LogP contribution in [0.5, 0.6) is 0 Å². The number of rotatable bonds is 5. The van der Waals surface area contributed by atoms with Crippen molar-refractivity contribution in [3.05, 3.63) is 0 Å². The smallest absolute Gasteiger partial charge is 0.407 e. The van der Waals surface area contributed by atoms with Crippen LogP contribution in [-0.2, 0) is 9.53 Å². The second kappa shape index (κ2) is 7.99. The lowest BCUT2D eigenvalue weighted by Crippen LogP contribution is -2.51. The van der Waals surface area contributed by atoms with Gasteiger partial charge in [-0.05, 0) is 26.2 Å². The van der Waals surface area contributed by atoms with Gasteiger partial charge in [0.2, 0.25) is 5.91 Å². The molecule has 2 unspecified atom stereocenters. The quantitative estimate of drug-likeness (QED) is 0.771. The summed E-state index contributed by atoms with van der Waals surface area (Å²) in [6, 6.07) is -0.0213. The van der Waals surface area contributed by atoms with Gasteiger partial charge in [0.05, 0.1) is 12.5 Å². The normalized spacial score (nSPS) is 20.8. The van der Waals surface area contributed by atoms with E-state index < -0.39 is 6.09 Å². The van der Waals surface area contributed by atoms with Gasteiger partial charge in [0.25, 0.3) is 0 Å². The molecule has 1 fully saturated rings. The summed E-state index contributed by atoms with van der Waals surface area (Å²) in [5.41, 5.74) is 5.61. The molecular formula is C13H25N3O3. The summed E-state index contributed by atoms with van der Waals surface area (Å²) >= 11 is 0. The molecule has 2 amide bonds. The Morgan fingerprint density at radius 1 is 1.47 bits per heavy atom. The van der Waals surface area contributed by atoms with E-state index in [1.54, 1.807) is 11.8 Å². The molecule has 19 heavy (non-hydrogen) atoms. The molecule has 0 saturated carbocycles. The zero-order valence-electron chi connectivity index (χ0n) is 11.9. The summed E-state index contributed by atoms with van der Waals surface area (Å²) in [4.78, 5) is 25.4. The van der Waals surface area contributed by atoms with Gasteiger partial charge in [-0.1, -0.05) is 6.92 Å². The van der Waals surface area contributed by atoms with Gasteiger partial charge in [-0.3, -0.25) is 4.79 Å². The SMILES string of the molecule is CCOC(=O)NC1CCCN(C(=O)C(CC)CN)C1. The number of piperidine rings is 1. The van der Waals surface area contributed by atoms with Crippen LogP contribution in [0.2, 0.25) is 0 Å². The Bertz CT molecular complexity index is 306. The highest BCUT2D eigenvalue weighted by molar-refractivity contribution is 5.79. The molecule has 2 atom stereocenters. The second-order valence-corrected chi connectivity index (χ2v) is 4.83. The van der Waals surface area contributed by atoms with E-state index in [2.05, 4.69) is 5.32 Å². The number of likely N-dealkylation sites (tertiary alicyclic amines) is 1. The predicted molar refractivity (Wildman–Crippen MR) is 72.6 cm³/mol. The minimum atomic E-state index is -0.410. The fraction of sp³-hybridized carbons (Fsp3) is 0.846. The second-order valence-electron chi connectivity index (χ2n) is 4.83. The Labute approximate surface area is 114 Å². The first-order valence-electron chi connectivity index (χ1n) is 7.04. The molecule has 0 aromatic carbocycles. The topological polar surface area (TPSA) is 84.7 Å². The number of nitrogens with two attached hydrogens (primary N) is 1. The summed E-state index contributed by atoms with van der Waals surface area (Å²) in [5.74, 6) is -0.0123. The van der Waals surface area contributed by atoms with Gasteiger partial charge in [0.15, 0.2) is 0 Å². The first-order valence-corrected chi connectivity index (χ1v) is 7.04. The third-order valence-electron chi connectivity index (χ3n) is 3.46. The number of ether oxygens (including phenoxy) is 1. The lowest BCUT2D eigenvalue weighted by atomic mass is 10.0. The predicted octanol–water partition coefficient (Wildman–Crippen LogP) is 0.708. The maximum Gasteiger partial charge on any atom is 0.407 e. The number of hydrogen-bond donors (Lipinski definition) is 2. The number of carbonyl (C=O) groups excluding carboxylic acids is 2. The minimum Gasteiger partial charge on any atom is -0.450 e. The van der Waals surface area contributed by atoms with Gasteiger partial charge in [-0.2, -0.15) is 0 Å². The molecule has 1 rings (SSSR count). The number of amides is 2. The van der Waals surface area contributed by atoms with Crippen LogP contribution in [0, 0.1) is 5.92 Å². The van der Waals surface area contributed by atoms with Crippen LogP contribution in [0.1, 0.15) is 33.1 Å².